The number of anilines is 1. The van der Waals surface area contributed by atoms with Gasteiger partial charge in [-0.2, -0.15) is 0 Å². The minimum absolute atomic E-state index is 0.0714. The minimum atomic E-state index is -0.804. The van der Waals surface area contributed by atoms with Crippen molar-refractivity contribution in [3.8, 4) is 5.75 Å². The van der Waals surface area contributed by atoms with Crippen molar-refractivity contribution in [2.24, 2.45) is 5.73 Å². The third-order valence-corrected chi connectivity index (χ3v) is 5.81. The highest BCUT2D eigenvalue weighted by atomic mass is 35.5. The van der Waals surface area contributed by atoms with Crippen molar-refractivity contribution in [1.29, 1.82) is 0 Å². The van der Waals surface area contributed by atoms with E-state index in [0.717, 1.165) is 10.5 Å². The summed E-state index contributed by atoms with van der Waals surface area (Å²) in [4.78, 5) is 48.6. The number of hydrogen-bond acceptors (Lipinski definition) is 6. The molecular weight excluding hydrogens is 477 g/mol. The van der Waals surface area contributed by atoms with Crippen molar-refractivity contribution in [1.82, 2.24) is 4.90 Å². The van der Waals surface area contributed by atoms with Gasteiger partial charge in [-0.15, -0.1) is 0 Å². The number of carbonyl (C=O) groups excluding carboxylic acids is 4. The van der Waals surface area contributed by atoms with E-state index in [4.69, 9.17) is 33.7 Å². The molecule has 1 aliphatic rings. The quantitative estimate of drug-likeness (QED) is 0.565. The van der Waals surface area contributed by atoms with Crippen molar-refractivity contribution >= 4 is 69.7 Å². The van der Waals surface area contributed by atoms with E-state index in [2.05, 4.69) is 5.32 Å². The van der Waals surface area contributed by atoms with Crippen molar-refractivity contribution in [2.75, 3.05) is 18.5 Å². The highest BCUT2D eigenvalue weighted by molar-refractivity contribution is 8.18. The fraction of sp³-hybridized carbons (Fsp3) is 0.143. The Hall–Kier alpha value is -3.01. The van der Waals surface area contributed by atoms with Crippen LogP contribution < -0.4 is 15.8 Å². The lowest BCUT2D eigenvalue weighted by Gasteiger charge is -2.11. The third kappa shape index (κ3) is 5.82. The van der Waals surface area contributed by atoms with E-state index < -0.39 is 29.5 Å². The summed E-state index contributed by atoms with van der Waals surface area (Å²) in [5, 5.41) is 2.95. The van der Waals surface area contributed by atoms with Crippen molar-refractivity contribution in [2.45, 2.75) is 6.92 Å². The molecule has 11 heteroatoms. The molecule has 4 amide bonds. The Kier molecular flexibility index (Phi) is 7.44. The van der Waals surface area contributed by atoms with Crippen LogP contribution in [-0.2, 0) is 14.4 Å². The molecule has 8 nitrogen and oxygen atoms in total. The predicted octanol–water partition coefficient (Wildman–Crippen LogP) is 3.84. The Morgan fingerprint density at radius 3 is 2.62 bits per heavy atom. The third-order valence-electron chi connectivity index (χ3n) is 4.26. The van der Waals surface area contributed by atoms with Crippen molar-refractivity contribution in [3.63, 3.8) is 0 Å². The van der Waals surface area contributed by atoms with Gasteiger partial charge in [-0.3, -0.25) is 24.1 Å². The number of nitrogens with one attached hydrogen (secondary N) is 1. The number of amides is 4. The van der Waals surface area contributed by atoms with Crippen LogP contribution in [0.2, 0.25) is 10.0 Å². The smallest absolute Gasteiger partial charge is 0.294 e. The molecule has 1 aliphatic heterocycles. The van der Waals surface area contributed by atoms with E-state index in [-0.39, 0.29) is 17.3 Å². The summed E-state index contributed by atoms with van der Waals surface area (Å²) in [6, 6.07) is 9.75. The van der Waals surface area contributed by atoms with Crippen LogP contribution in [0, 0.1) is 6.92 Å². The molecule has 3 N–H and O–H groups in total. The monoisotopic (exact) mass is 493 g/mol. The van der Waals surface area contributed by atoms with Crippen molar-refractivity contribution < 1.29 is 23.9 Å². The first kappa shape index (κ1) is 23.6. The molecule has 2 aromatic carbocycles. The maximum absolute atomic E-state index is 12.4. The summed E-state index contributed by atoms with van der Waals surface area (Å²) in [6.45, 7) is 1.02. The molecule has 3 rings (SSSR count). The van der Waals surface area contributed by atoms with Crippen LogP contribution in [0.4, 0.5) is 10.5 Å². The van der Waals surface area contributed by atoms with Crippen LogP contribution in [-0.4, -0.2) is 41.0 Å². The Labute approximate surface area is 197 Å². The minimum Gasteiger partial charge on any atom is -0.483 e. The van der Waals surface area contributed by atoms with Crippen LogP contribution in [0.3, 0.4) is 0 Å². The van der Waals surface area contributed by atoms with Crippen molar-refractivity contribution in [3.05, 3.63) is 62.5 Å². The number of thioether (sulfide) groups is 1. The highest BCUT2D eigenvalue weighted by Crippen LogP contribution is 2.34. The second kappa shape index (κ2) is 10.1. The molecule has 0 aliphatic carbocycles. The second-order valence-electron chi connectivity index (χ2n) is 6.72. The van der Waals surface area contributed by atoms with Gasteiger partial charge in [0.2, 0.25) is 5.91 Å². The van der Waals surface area contributed by atoms with Gasteiger partial charge in [0, 0.05) is 21.3 Å². The number of nitrogens with zero attached hydrogens (tertiary/aromatic N) is 1. The van der Waals surface area contributed by atoms with Gasteiger partial charge in [0.1, 0.15) is 12.3 Å². The number of hydrogen-bond donors (Lipinski definition) is 2. The van der Waals surface area contributed by atoms with E-state index in [1.807, 2.05) is 6.92 Å². The number of aryl methyl sites for hydroxylation is 1. The molecule has 0 bridgehead atoms. The van der Waals surface area contributed by atoms with Crippen LogP contribution in [0.15, 0.2) is 41.3 Å². The van der Waals surface area contributed by atoms with Gasteiger partial charge in [-0.25, -0.2) is 0 Å². The fourth-order valence-corrected chi connectivity index (χ4v) is 3.90. The van der Waals surface area contributed by atoms with E-state index in [9.17, 15) is 19.2 Å². The Morgan fingerprint density at radius 1 is 1.19 bits per heavy atom. The summed E-state index contributed by atoms with van der Waals surface area (Å²) in [6.07, 6.45) is 1.41. The predicted molar refractivity (Wildman–Crippen MR) is 124 cm³/mol. The number of halogens is 2. The molecule has 0 atom stereocenters. The van der Waals surface area contributed by atoms with E-state index in [1.54, 1.807) is 24.3 Å². The summed E-state index contributed by atoms with van der Waals surface area (Å²) < 4.78 is 5.60. The van der Waals surface area contributed by atoms with Crippen LogP contribution in [0.1, 0.15) is 11.1 Å². The zero-order valence-electron chi connectivity index (χ0n) is 16.7. The van der Waals surface area contributed by atoms with Crippen LogP contribution in [0.5, 0.6) is 5.75 Å². The Morgan fingerprint density at radius 2 is 1.94 bits per heavy atom. The summed E-state index contributed by atoms with van der Waals surface area (Å²) in [7, 11) is 0. The van der Waals surface area contributed by atoms with Gasteiger partial charge in [-0.05, 0) is 60.7 Å². The average molecular weight is 494 g/mol. The molecule has 2 aromatic rings. The van der Waals surface area contributed by atoms with E-state index in [0.29, 0.717) is 33.1 Å². The van der Waals surface area contributed by atoms with Crippen LogP contribution in [0.25, 0.3) is 6.08 Å². The first-order valence-corrected chi connectivity index (χ1v) is 10.7. The molecular formula is C21H17Cl2N3O5S. The molecule has 0 unspecified atom stereocenters. The first-order valence-electron chi connectivity index (χ1n) is 9.16. The largest absolute Gasteiger partial charge is 0.483 e. The van der Waals surface area contributed by atoms with Gasteiger partial charge < -0.3 is 15.8 Å². The molecule has 1 saturated heterocycles. The molecule has 0 spiro atoms. The fourth-order valence-electron chi connectivity index (χ4n) is 2.71. The van der Waals surface area contributed by atoms with Gasteiger partial charge in [0.15, 0.2) is 6.61 Å². The number of nitrogens with two attached hydrogens (primary N) is 1. The maximum Gasteiger partial charge on any atom is 0.294 e. The maximum atomic E-state index is 12.4. The Balaban J connectivity index is 1.74. The van der Waals surface area contributed by atoms with E-state index in [1.165, 1.54) is 18.2 Å². The van der Waals surface area contributed by atoms with E-state index >= 15 is 0 Å². The number of ether oxygens (including phenoxy) is 1. The lowest BCUT2D eigenvalue weighted by molar-refractivity contribution is -0.127. The molecule has 0 aromatic heterocycles. The normalized spacial score (nSPS) is 14.7. The van der Waals surface area contributed by atoms with Gasteiger partial charge in [0.25, 0.3) is 17.1 Å². The van der Waals surface area contributed by atoms with Gasteiger partial charge in [0.05, 0.1) is 4.91 Å². The summed E-state index contributed by atoms with van der Waals surface area (Å²) in [5.41, 5.74) is 6.87. The summed E-state index contributed by atoms with van der Waals surface area (Å²) in [5.74, 6) is -1.61. The standard InChI is InChI=1S/C21H17Cl2N3O5S/c1-11-2-4-14(8-15(11)23)25-19(28)10-31-16-5-3-13(22)6-12(16)7-17-20(29)26(9-18(24)27)21(30)32-17/h2-8H,9-10H2,1H3,(H2,24,27)(H,25,28)/b17-7-. The number of primary amides is 1. The SMILES string of the molecule is Cc1ccc(NC(=O)COc2ccc(Cl)cc2/C=C2\SC(=O)N(CC(N)=O)C2=O)cc1Cl. The van der Waals surface area contributed by atoms with Gasteiger partial charge >= 0.3 is 0 Å². The highest BCUT2D eigenvalue weighted by Gasteiger charge is 2.36. The molecule has 0 radical (unpaired) electrons. The number of rotatable bonds is 7. The second-order valence-corrected chi connectivity index (χ2v) is 8.55. The van der Waals surface area contributed by atoms with Crippen LogP contribution >= 0.6 is 35.0 Å². The zero-order chi connectivity index (χ0) is 23.4. The first-order chi connectivity index (χ1) is 15.1. The molecule has 166 valence electrons. The number of imide groups is 1. The molecule has 0 saturated carbocycles. The molecule has 1 fully saturated rings. The molecule has 1 heterocycles. The lowest BCUT2D eigenvalue weighted by Crippen LogP contribution is -2.36. The number of carbonyl (C=O) groups is 4. The zero-order valence-corrected chi connectivity index (χ0v) is 19.0. The molecule has 32 heavy (non-hydrogen) atoms. The average Bonchev–Trinajstić information content (AvgIpc) is 2.97. The lowest BCUT2D eigenvalue weighted by atomic mass is 10.2. The number of benzene rings is 2. The summed E-state index contributed by atoms with van der Waals surface area (Å²) >= 11 is 12.8. The topological polar surface area (TPSA) is 119 Å². The van der Waals surface area contributed by atoms with Gasteiger partial charge in [-0.1, -0.05) is 29.3 Å². The Bertz CT molecular complexity index is 1150.